The quantitative estimate of drug-likeness (QED) is 0.859. The third kappa shape index (κ3) is 5.05. The van der Waals surface area contributed by atoms with Gasteiger partial charge in [0.25, 0.3) is 5.91 Å². The summed E-state index contributed by atoms with van der Waals surface area (Å²) in [6.07, 6.45) is 1.63. The molecule has 0 spiro atoms. The first-order valence-corrected chi connectivity index (χ1v) is 9.10. The molecule has 1 saturated heterocycles. The van der Waals surface area contributed by atoms with Crippen molar-refractivity contribution in [3.8, 4) is 0 Å². The van der Waals surface area contributed by atoms with Crippen LogP contribution in [0.1, 0.15) is 48.2 Å². The lowest BCUT2D eigenvalue weighted by atomic mass is 9.95. The molecule has 0 aliphatic carbocycles. The fraction of sp³-hybridized carbons (Fsp3) is 0.600. The van der Waals surface area contributed by atoms with E-state index in [0.29, 0.717) is 18.7 Å². The Balaban J connectivity index is 2.02. The van der Waals surface area contributed by atoms with E-state index in [2.05, 4.69) is 5.32 Å². The number of benzene rings is 1. The molecule has 3 unspecified atom stereocenters. The third-order valence-corrected chi connectivity index (χ3v) is 5.06. The average molecular weight is 346 g/mol. The number of aryl methyl sites for hydroxylation is 2. The Morgan fingerprint density at radius 3 is 2.48 bits per heavy atom. The fourth-order valence-electron chi connectivity index (χ4n) is 3.30. The van der Waals surface area contributed by atoms with Gasteiger partial charge in [0.2, 0.25) is 5.91 Å². The van der Waals surface area contributed by atoms with Crippen LogP contribution in [0.15, 0.2) is 18.2 Å². The lowest BCUT2D eigenvalue weighted by molar-refractivity contribution is -0.127. The average Bonchev–Trinajstić information content (AvgIpc) is 2.59. The Morgan fingerprint density at radius 1 is 1.24 bits per heavy atom. The summed E-state index contributed by atoms with van der Waals surface area (Å²) in [6.45, 7) is 8.97. The Labute approximate surface area is 150 Å². The standard InChI is InChI=1S/C20H30N2O3/c1-13-8-14(2)10-18(9-13)20(25)22-7-5-6-17(11-22)19(24)21-16(4)15(3)12-23/h8-10,15-17,23H,5-7,11-12H2,1-4H3,(H,21,24). The number of hydrogen-bond acceptors (Lipinski definition) is 3. The number of hydrogen-bond donors (Lipinski definition) is 2. The predicted molar refractivity (Wildman–Crippen MR) is 98.4 cm³/mol. The van der Waals surface area contributed by atoms with E-state index in [4.69, 9.17) is 0 Å². The van der Waals surface area contributed by atoms with Gasteiger partial charge in [-0.2, -0.15) is 0 Å². The summed E-state index contributed by atoms with van der Waals surface area (Å²) in [5, 5.41) is 12.2. The first-order valence-electron chi connectivity index (χ1n) is 9.10. The van der Waals surface area contributed by atoms with Crippen molar-refractivity contribution in [2.45, 2.75) is 46.6 Å². The molecule has 138 valence electrons. The van der Waals surface area contributed by atoms with Crippen LogP contribution in [0.5, 0.6) is 0 Å². The summed E-state index contributed by atoms with van der Waals surface area (Å²) in [7, 11) is 0. The number of aliphatic hydroxyl groups excluding tert-OH is 1. The zero-order chi connectivity index (χ0) is 18.6. The zero-order valence-corrected chi connectivity index (χ0v) is 15.7. The Hall–Kier alpha value is -1.88. The Bertz CT molecular complexity index is 609. The van der Waals surface area contributed by atoms with Gasteiger partial charge in [-0.05, 0) is 51.7 Å². The highest BCUT2D eigenvalue weighted by molar-refractivity contribution is 5.95. The molecule has 3 atom stereocenters. The molecule has 1 aromatic carbocycles. The van der Waals surface area contributed by atoms with Crippen molar-refractivity contribution < 1.29 is 14.7 Å². The van der Waals surface area contributed by atoms with Crippen molar-refractivity contribution in [1.29, 1.82) is 0 Å². The molecule has 25 heavy (non-hydrogen) atoms. The van der Waals surface area contributed by atoms with E-state index in [1.807, 2.05) is 45.9 Å². The van der Waals surface area contributed by atoms with Crippen LogP contribution in [0.2, 0.25) is 0 Å². The Morgan fingerprint density at radius 2 is 1.88 bits per heavy atom. The van der Waals surface area contributed by atoms with Gasteiger partial charge in [-0.25, -0.2) is 0 Å². The first-order chi connectivity index (χ1) is 11.8. The van der Waals surface area contributed by atoms with Crippen LogP contribution in [-0.2, 0) is 4.79 Å². The van der Waals surface area contributed by atoms with Crippen molar-refractivity contribution in [2.75, 3.05) is 19.7 Å². The smallest absolute Gasteiger partial charge is 0.253 e. The van der Waals surface area contributed by atoms with Gasteiger partial charge in [0, 0.05) is 31.3 Å². The molecule has 5 nitrogen and oxygen atoms in total. The zero-order valence-electron chi connectivity index (χ0n) is 15.7. The van der Waals surface area contributed by atoms with Crippen LogP contribution in [-0.4, -0.2) is 47.6 Å². The maximum absolute atomic E-state index is 12.8. The van der Waals surface area contributed by atoms with E-state index in [-0.39, 0.29) is 36.3 Å². The molecule has 1 aliphatic heterocycles. The molecule has 0 radical (unpaired) electrons. The van der Waals surface area contributed by atoms with Gasteiger partial charge in [0.1, 0.15) is 0 Å². The van der Waals surface area contributed by atoms with E-state index >= 15 is 0 Å². The highest BCUT2D eigenvalue weighted by atomic mass is 16.3. The van der Waals surface area contributed by atoms with E-state index in [9.17, 15) is 14.7 Å². The molecular formula is C20H30N2O3. The largest absolute Gasteiger partial charge is 0.396 e. The summed E-state index contributed by atoms with van der Waals surface area (Å²) in [5.74, 6) is -0.190. The molecule has 1 aliphatic rings. The number of likely N-dealkylation sites (tertiary alicyclic amines) is 1. The lowest BCUT2D eigenvalue weighted by Gasteiger charge is -2.33. The maximum atomic E-state index is 12.8. The predicted octanol–water partition coefficient (Wildman–Crippen LogP) is 2.29. The summed E-state index contributed by atoms with van der Waals surface area (Å²) < 4.78 is 0. The van der Waals surface area contributed by atoms with Crippen molar-refractivity contribution in [1.82, 2.24) is 10.2 Å². The molecule has 0 saturated carbocycles. The number of rotatable bonds is 5. The highest BCUT2D eigenvalue weighted by Crippen LogP contribution is 2.20. The third-order valence-electron chi connectivity index (χ3n) is 5.06. The highest BCUT2D eigenvalue weighted by Gasteiger charge is 2.30. The van der Waals surface area contributed by atoms with Crippen LogP contribution in [0.4, 0.5) is 0 Å². The molecule has 1 aromatic rings. The minimum atomic E-state index is -0.183. The lowest BCUT2D eigenvalue weighted by Crippen LogP contribution is -2.48. The minimum Gasteiger partial charge on any atom is -0.396 e. The molecule has 1 heterocycles. The van der Waals surface area contributed by atoms with Crippen molar-refractivity contribution >= 4 is 11.8 Å². The number of nitrogens with zero attached hydrogens (tertiary/aromatic N) is 1. The topological polar surface area (TPSA) is 69.6 Å². The molecule has 5 heteroatoms. The second kappa shape index (κ2) is 8.48. The number of piperidine rings is 1. The van der Waals surface area contributed by atoms with E-state index in [1.54, 1.807) is 4.90 Å². The van der Waals surface area contributed by atoms with Crippen LogP contribution in [0, 0.1) is 25.7 Å². The summed E-state index contributed by atoms with van der Waals surface area (Å²) in [6, 6.07) is 5.78. The van der Waals surface area contributed by atoms with Gasteiger partial charge in [0.05, 0.1) is 5.92 Å². The normalized spacial score (nSPS) is 20.0. The van der Waals surface area contributed by atoms with Gasteiger partial charge in [-0.15, -0.1) is 0 Å². The van der Waals surface area contributed by atoms with Crippen LogP contribution < -0.4 is 5.32 Å². The number of aliphatic hydroxyl groups is 1. The monoisotopic (exact) mass is 346 g/mol. The second-order valence-corrected chi connectivity index (χ2v) is 7.42. The van der Waals surface area contributed by atoms with Gasteiger partial charge < -0.3 is 15.3 Å². The van der Waals surface area contributed by atoms with E-state index < -0.39 is 0 Å². The van der Waals surface area contributed by atoms with E-state index in [0.717, 1.165) is 24.0 Å². The SMILES string of the molecule is Cc1cc(C)cc(C(=O)N2CCCC(C(=O)NC(C)C(C)CO)C2)c1. The van der Waals surface area contributed by atoms with E-state index in [1.165, 1.54) is 0 Å². The molecule has 1 fully saturated rings. The molecular weight excluding hydrogens is 316 g/mol. The number of amides is 2. The fourth-order valence-corrected chi connectivity index (χ4v) is 3.30. The van der Waals surface area contributed by atoms with Crippen molar-refractivity contribution in [3.05, 3.63) is 34.9 Å². The molecule has 2 rings (SSSR count). The minimum absolute atomic E-state index is 0.000995. The van der Waals surface area contributed by atoms with Gasteiger partial charge >= 0.3 is 0 Å². The summed E-state index contributed by atoms with van der Waals surface area (Å²) >= 11 is 0. The summed E-state index contributed by atoms with van der Waals surface area (Å²) in [5.41, 5.74) is 2.84. The first kappa shape index (κ1) is 19.4. The van der Waals surface area contributed by atoms with Crippen LogP contribution >= 0.6 is 0 Å². The van der Waals surface area contributed by atoms with Gasteiger partial charge in [-0.1, -0.05) is 24.1 Å². The molecule has 2 N–H and O–H groups in total. The van der Waals surface area contributed by atoms with Gasteiger partial charge in [0.15, 0.2) is 0 Å². The van der Waals surface area contributed by atoms with Crippen LogP contribution in [0.25, 0.3) is 0 Å². The number of nitrogens with one attached hydrogen (secondary N) is 1. The van der Waals surface area contributed by atoms with Crippen molar-refractivity contribution in [2.24, 2.45) is 11.8 Å². The number of carbonyl (C=O) groups excluding carboxylic acids is 2. The molecule has 0 bridgehead atoms. The molecule has 2 amide bonds. The second-order valence-electron chi connectivity index (χ2n) is 7.42. The Kier molecular flexibility index (Phi) is 6.59. The van der Waals surface area contributed by atoms with Gasteiger partial charge in [-0.3, -0.25) is 9.59 Å². The molecule has 0 aromatic heterocycles. The summed E-state index contributed by atoms with van der Waals surface area (Å²) in [4.78, 5) is 27.1. The maximum Gasteiger partial charge on any atom is 0.253 e. The van der Waals surface area contributed by atoms with Crippen molar-refractivity contribution in [3.63, 3.8) is 0 Å². The van der Waals surface area contributed by atoms with Crippen LogP contribution in [0.3, 0.4) is 0 Å². The number of carbonyl (C=O) groups is 2.